The fourth-order valence-corrected chi connectivity index (χ4v) is 1.23. The number of halogens is 3. The van der Waals surface area contributed by atoms with Gasteiger partial charge < -0.3 is 15.6 Å². The van der Waals surface area contributed by atoms with Gasteiger partial charge in [-0.25, -0.2) is 0 Å². The highest BCUT2D eigenvalue weighted by molar-refractivity contribution is 5.41. The minimum absolute atomic E-state index is 0.200. The summed E-state index contributed by atoms with van der Waals surface area (Å²) in [7, 11) is 1.36. The average molecular weight is 235 g/mol. The molecule has 6 heteroatoms. The predicted octanol–water partition coefficient (Wildman–Crippen LogP) is 1.83. The maximum atomic E-state index is 12.2. The van der Waals surface area contributed by atoms with Crippen LogP contribution in [-0.2, 0) is 6.42 Å². The summed E-state index contributed by atoms with van der Waals surface area (Å²) in [6, 6.07) is 2.11. The van der Waals surface area contributed by atoms with E-state index in [-0.39, 0.29) is 17.9 Å². The van der Waals surface area contributed by atoms with Crippen molar-refractivity contribution in [2.75, 3.05) is 7.11 Å². The predicted molar refractivity (Wildman–Crippen MR) is 52.4 cm³/mol. The number of hydrogen-bond acceptors (Lipinski definition) is 3. The second-order valence-corrected chi connectivity index (χ2v) is 3.36. The molecule has 3 N–H and O–H groups in total. The second-order valence-electron chi connectivity index (χ2n) is 3.36. The molecule has 0 saturated carbocycles. The zero-order chi connectivity index (χ0) is 12.3. The summed E-state index contributed by atoms with van der Waals surface area (Å²) in [4.78, 5) is 0. The summed E-state index contributed by atoms with van der Waals surface area (Å²) in [6.07, 6.45) is -4.81. The van der Waals surface area contributed by atoms with Crippen LogP contribution in [-0.4, -0.2) is 24.4 Å². The molecule has 0 amide bonds. The summed E-state index contributed by atoms with van der Waals surface area (Å²) < 4.78 is 41.3. The number of nitrogens with two attached hydrogens (primary N) is 1. The Bertz CT molecular complexity index is 366. The molecule has 1 unspecified atom stereocenters. The molecule has 0 heterocycles. The molecular formula is C10H12F3NO2. The zero-order valence-electron chi connectivity index (χ0n) is 8.58. The molecule has 3 nitrogen and oxygen atoms in total. The van der Waals surface area contributed by atoms with Gasteiger partial charge in [0, 0.05) is 0 Å². The van der Waals surface area contributed by atoms with E-state index in [9.17, 15) is 18.3 Å². The molecule has 16 heavy (non-hydrogen) atoms. The zero-order valence-corrected chi connectivity index (χ0v) is 8.58. The maximum absolute atomic E-state index is 12.2. The SMILES string of the molecule is COc1ccc(CC(N)C(F)(F)F)cc1O. The van der Waals surface area contributed by atoms with Crippen LogP contribution in [0.2, 0.25) is 0 Å². The third kappa shape index (κ3) is 3.03. The number of rotatable bonds is 3. The van der Waals surface area contributed by atoms with Crippen molar-refractivity contribution in [2.24, 2.45) is 5.73 Å². The number of methoxy groups -OCH3 is 1. The van der Waals surface area contributed by atoms with Crippen LogP contribution in [0.1, 0.15) is 5.56 Å². The van der Waals surface area contributed by atoms with E-state index in [0.717, 1.165) is 0 Å². The molecule has 90 valence electrons. The Balaban J connectivity index is 2.79. The monoisotopic (exact) mass is 235 g/mol. The number of phenols is 1. The first-order valence-electron chi connectivity index (χ1n) is 4.52. The molecule has 1 aromatic carbocycles. The standard InChI is InChI=1S/C10H12F3NO2/c1-16-8-3-2-6(4-7(8)15)5-9(14)10(11,12)13/h2-4,9,15H,5,14H2,1H3. The number of ether oxygens (including phenoxy) is 1. The van der Waals surface area contributed by atoms with E-state index in [1.165, 1.54) is 25.3 Å². The van der Waals surface area contributed by atoms with Gasteiger partial charge in [-0.1, -0.05) is 6.07 Å². The van der Waals surface area contributed by atoms with Crippen LogP contribution >= 0.6 is 0 Å². The molecule has 1 atom stereocenters. The summed E-state index contributed by atoms with van der Waals surface area (Å²) in [5, 5.41) is 9.36. The van der Waals surface area contributed by atoms with Gasteiger partial charge in [0.2, 0.25) is 0 Å². The van der Waals surface area contributed by atoms with Gasteiger partial charge in [-0.3, -0.25) is 0 Å². The Morgan fingerprint density at radius 2 is 2.06 bits per heavy atom. The van der Waals surface area contributed by atoms with E-state index in [0.29, 0.717) is 5.56 Å². The Morgan fingerprint density at radius 3 is 2.50 bits per heavy atom. The van der Waals surface area contributed by atoms with Crippen molar-refractivity contribution >= 4 is 0 Å². The largest absolute Gasteiger partial charge is 0.504 e. The first-order chi connectivity index (χ1) is 7.34. The van der Waals surface area contributed by atoms with Gasteiger partial charge in [0.25, 0.3) is 0 Å². The maximum Gasteiger partial charge on any atom is 0.403 e. The van der Waals surface area contributed by atoms with Gasteiger partial charge in [0.05, 0.1) is 7.11 Å². The summed E-state index contributed by atoms with van der Waals surface area (Å²) in [6.45, 7) is 0. The summed E-state index contributed by atoms with van der Waals surface area (Å²) in [5.41, 5.74) is 5.27. The van der Waals surface area contributed by atoms with Crippen molar-refractivity contribution in [3.05, 3.63) is 23.8 Å². The van der Waals surface area contributed by atoms with E-state index < -0.39 is 12.2 Å². The molecule has 0 aromatic heterocycles. The Morgan fingerprint density at radius 1 is 1.44 bits per heavy atom. The van der Waals surface area contributed by atoms with Gasteiger partial charge in [-0.15, -0.1) is 0 Å². The first kappa shape index (κ1) is 12.6. The van der Waals surface area contributed by atoms with E-state index in [1.807, 2.05) is 0 Å². The van der Waals surface area contributed by atoms with Crippen molar-refractivity contribution in [2.45, 2.75) is 18.6 Å². The van der Waals surface area contributed by atoms with Crippen molar-refractivity contribution < 1.29 is 23.0 Å². The molecule has 1 rings (SSSR count). The molecule has 0 fully saturated rings. The highest BCUT2D eigenvalue weighted by Gasteiger charge is 2.36. The van der Waals surface area contributed by atoms with Gasteiger partial charge in [0.15, 0.2) is 11.5 Å². The van der Waals surface area contributed by atoms with Gasteiger partial charge in [-0.2, -0.15) is 13.2 Å². The molecule has 0 aliphatic carbocycles. The Hall–Kier alpha value is -1.43. The van der Waals surface area contributed by atoms with Crippen molar-refractivity contribution in [1.29, 1.82) is 0 Å². The molecule has 0 aliphatic rings. The lowest BCUT2D eigenvalue weighted by Gasteiger charge is -2.15. The average Bonchev–Trinajstić information content (AvgIpc) is 2.16. The lowest BCUT2D eigenvalue weighted by atomic mass is 10.1. The summed E-state index contributed by atoms with van der Waals surface area (Å²) >= 11 is 0. The molecule has 0 spiro atoms. The Kier molecular flexibility index (Phi) is 3.64. The van der Waals surface area contributed by atoms with Crippen LogP contribution in [0.4, 0.5) is 13.2 Å². The molecule has 0 bridgehead atoms. The molecular weight excluding hydrogens is 223 g/mol. The van der Waals surface area contributed by atoms with Crippen molar-refractivity contribution in [3.63, 3.8) is 0 Å². The molecule has 1 aromatic rings. The van der Waals surface area contributed by atoms with E-state index >= 15 is 0 Å². The minimum atomic E-state index is -4.43. The normalized spacial score (nSPS) is 13.6. The smallest absolute Gasteiger partial charge is 0.403 e. The van der Waals surface area contributed by atoms with Crippen molar-refractivity contribution in [3.8, 4) is 11.5 Å². The van der Waals surface area contributed by atoms with Gasteiger partial charge in [0.1, 0.15) is 6.04 Å². The van der Waals surface area contributed by atoms with Gasteiger partial charge >= 0.3 is 6.18 Å². The lowest BCUT2D eigenvalue weighted by molar-refractivity contribution is -0.147. The molecule has 0 radical (unpaired) electrons. The van der Waals surface area contributed by atoms with Gasteiger partial charge in [-0.05, 0) is 24.1 Å². The van der Waals surface area contributed by atoms with Crippen LogP contribution < -0.4 is 10.5 Å². The number of hydrogen-bond donors (Lipinski definition) is 2. The fraction of sp³-hybridized carbons (Fsp3) is 0.400. The van der Waals surface area contributed by atoms with E-state index in [1.54, 1.807) is 0 Å². The highest BCUT2D eigenvalue weighted by atomic mass is 19.4. The van der Waals surface area contributed by atoms with Crippen LogP contribution in [0.5, 0.6) is 11.5 Å². The number of alkyl halides is 3. The number of benzene rings is 1. The van der Waals surface area contributed by atoms with Crippen molar-refractivity contribution in [1.82, 2.24) is 0 Å². The van der Waals surface area contributed by atoms with Crippen LogP contribution in [0.15, 0.2) is 18.2 Å². The minimum Gasteiger partial charge on any atom is -0.504 e. The van der Waals surface area contributed by atoms with Crippen LogP contribution in [0.25, 0.3) is 0 Å². The highest BCUT2D eigenvalue weighted by Crippen LogP contribution is 2.28. The lowest BCUT2D eigenvalue weighted by Crippen LogP contribution is -2.39. The second kappa shape index (κ2) is 4.61. The first-order valence-corrected chi connectivity index (χ1v) is 4.52. The van der Waals surface area contributed by atoms with Crippen LogP contribution in [0.3, 0.4) is 0 Å². The fourth-order valence-electron chi connectivity index (χ4n) is 1.23. The quantitative estimate of drug-likeness (QED) is 0.840. The Labute approximate surface area is 90.6 Å². The molecule has 0 aliphatic heterocycles. The topological polar surface area (TPSA) is 55.5 Å². The molecule has 0 saturated heterocycles. The number of phenolic OH excluding ortho intramolecular Hbond substituents is 1. The number of aromatic hydroxyl groups is 1. The summed E-state index contributed by atoms with van der Waals surface area (Å²) in [5.74, 6) is 0.0127. The van der Waals surface area contributed by atoms with E-state index in [2.05, 4.69) is 0 Å². The third-order valence-electron chi connectivity index (χ3n) is 2.12. The van der Waals surface area contributed by atoms with Crippen LogP contribution in [0, 0.1) is 0 Å². The van der Waals surface area contributed by atoms with E-state index in [4.69, 9.17) is 10.5 Å². The third-order valence-corrected chi connectivity index (χ3v) is 2.12.